The summed E-state index contributed by atoms with van der Waals surface area (Å²) in [5.41, 5.74) is 1.56. The van der Waals surface area contributed by atoms with Gasteiger partial charge in [-0.25, -0.2) is 0 Å². The molecule has 31 heavy (non-hydrogen) atoms. The molecule has 6 nitrogen and oxygen atoms in total. The van der Waals surface area contributed by atoms with Gasteiger partial charge in [0, 0.05) is 28.4 Å². The van der Waals surface area contributed by atoms with Crippen molar-refractivity contribution in [2.24, 2.45) is 0 Å². The molecule has 0 unspecified atom stereocenters. The molecule has 0 fully saturated rings. The molecule has 0 atom stereocenters. The van der Waals surface area contributed by atoms with Crippen molar-refractivity contribution in [1.29, 1.82) is 0 Å². The summed E-state index contributed by atoms with van der Waals surface area (Å²) < 4.78 is 10.6. The number of anilines is 2. The number of methoxy groups -OCH3 is 2. The first-order valence-electron chi connectivity index (χ1n) is 8.96. The number of nitrogens with one attached hydrogen (secondary N) is 2. The van der Waals surface area contributed by atoms with E-state index in [0.29, 0.717) is 43.4 Å². The van der Waals surface area contributed by atoms with Gasteiger partial charge in [-0.2, -0.15) is 0 Å². The van der Waals surface area contributed by atoms with E-state index in [1.165, 1.54) is 31.6 Å². The molecule has 2 amide bonds. The third-order valence-corrected chi connectivity index (χ3v) is 5.49. The zero-order valence-corrected chi connectivity index (χ0v) is 18.9. The highest BCUT2D eigenvalue weighted by Gasteiger charge is 2.12. The molecule has 0 spiro atoms. The van der Waals surface area contributed by atoms with Crippen LogP contribution in [0.3, 0.4) is 0 Å². The van der Waals surface area contributed by atoms with Gasteiger partial charge in [0.15, 0.2) is 0 Å². The summed E-state index contributed by atoms with van der Waals surface area (Å²) in [6.45, 7) is 0. The van der Waals surface area contributed by atoms with Crippen LogP contribution in [-0.2, 0) is 4.79 Å². The molecule has 1 heterocycles. The normalized spacial score (nSPS) is 10.7. The predicted octanol–water partition coefficient (Wildman–Crippen LogP) is 5.98. The maximum absolute atomic E-state index is 12.4. The van der Waals surface area contributed by atoms with Crippen LogP contribution in [0.1, 0.15) is 15.2 Å². The minimum absolute atomic E-state index is 0.234. The third-order valence-electron chi connectivity index (χ3n) is 4.12. The summed E-state index contributed by atoms with van der Waals surface area (Å²) in [5, 5.41) is 8.13. The maximum atomic E-state index is 12.4. The molecular weight excluding hydrogens is 459 g/mol. The standard InChI is InChI=1S/C22H18Cl2N2O4S/c1-29-18-12-15(6-7-17(18)26-22(28)19-4-3-9-31-19)25-20(27)8-5-13-10-14(23)11-16(24)21(13)30-2/h3-12H,1-2H3,(H,25,27)(H,26,28)/b8-5+. The fourth-order valence-corrected chi connectivity index (χ4v) is 3.94. The van der Waals surface area contributed by atoms with E-state index in [0.717, 1.165) is 0 Å². The van der Waals surface area contributed by atoms with Gasteiger partial charge in [0.25, 0.3) is 5.91 Å². The van der Waals surface area contributed by atoms with Crippen molar-refractivity contribution in [3.8, 4) is 11.5 Å². The van der Waals surface area contributed by atoms with Crippen molar-refractivity contribution in [1.82, 2.24) is 0 Å². The Balaban J connectivity index is 1.72. The van der Waals surface area contributed by atoms with Crippen LogP contribution in [0, 0.1) is 0 Å². The first kappa shape index (κ1) is 22.7. The van der Waals surface area contributed by atoms with Gasteiger partial charge in [-0.1, -0.05) is 29.3 Å². The number of amides is 2. The molecule has 0 saturated carbocycles. The van der Waals surface area contributed by atoms with Gasteiger partial charge < -0.3 is 20.1 Å². The van der Waals surface area contributed by atoms with Crippen molar-refractivity contribution in [3.63, 3.8) is 0 Å². The van der Waals surface area contributed by atoms with Crippen molar-refractivity contribution in [2.45, 2.75) is 0 Å². The van der Waals surface area contributed by atoms with Gasteiger partial charge in [0.2, 0.25) is 5.91 Å². The highest BCUT2D eigenvalue weighted by molar-refractivity contribution is 7.12. The van der Waals surface area contributed by atoms with Gasteiger partial charge in [-0.3, -0.25) is 9.59 Å². The number of halogens is 2. The lowest BCUT2D eigenvalue weighted by Crippen LogP contribution is -2.12. The largest absolute Gasteiger partial charge is 0.495 e. The molecule has 0 aliphatic rings. The van der Waals surface area contributed by atoms with Crippen molar-refractivity contribution < 1.29 is 19.1 Å². The number of rotatable bonds is 7. The first-order chi connectivity index (χ1) is 14.9. The Bertz CT molecular complexity index is 1130. The van der Waals surface area contributed by atoms with Crippen LogP contribution in [0.2, 0.25) is 10.0 Å². The minimum Gasteiger partial charge on any atom is -0.495 e. The molecule has 0 bridgehead atoms. The molecule has 0 radical (unpaired) electrons. The second kappa shape index (κ2) is 10.3. The number of ether oxygens (including phenoxy) is 2. The van der Waals surface area contributed by atoms with Gasteiger partial charge >= 0.3 is 0 Å². The van der Waals surface area contributed by atoms with Gasteiger partial charge in [-0.05, 0) is 41.8 Å². The van der Waals surface area contributed by atoms with Gasteiger partial charge in [-0.15, -0.1) is 11.3 Å². The summed E-state index contributed by atoms with van der Waals surface area (Å²) in [6, 6.07) is 11.7. The Hall–Kier alpha value is -3.00. The summed E-state index contributed by atoms with van der Waals surface area (Å²) in [5.74, 6) is 0.218. The summed E-state index contributed by atoms with van der Waals surface area (Å²) in [6.07, 6.45) is 2.89. The Morgan fingerprint density at radius 2 is 1.84 bits per heavy atom. The molecule has 2 aromatic carbocycles. The lowest BCUT2D eigenvalue weighted by molar-refractivity contribution is -0.111. The molecule has 3 rings (SSSR count). The fraction of sp³-hybridized carbons (Fsp3) is 0.0909. The van der Waals surface area contributed by atoms with Gasteiger partial charge in [0.05, 0.1) is 29.8 Å². The quantitative estimate of drug-likeness (QED) is 0.411. The van der Waals surface area contributed by atoms with Crippen LogP contribution in [0.25, 0.3) is 6.08 Å². The highest BCUT2D eigenvalue weighted by atomic mass is 35.5. The number of hydrogen-bond donors (Lipinski definition) is 2. The van der Waals surface area contributed by atoms with E-state index in [2.05, 4.69) is 10.6 Å². The van der Waals surface area contributed by atoms with Crippen molar-refractivity contribution in [3.05, 3.63) is 74.4 Å². The van der Waals surface area contributed by atoms with Crippen LogP contribution in [0.5, 0.6) is 11.5 Å². The zero-order valence-electron chi connectivity index (χ0n) is 16.6. The molecule has 3 aromatic rings. The average Bonchev–Trinajstić information content (AvgIpc) is 3.28. The monoisotopic (exact) mass is 476 g/mol. The second-order valence-corrected chi connectivity index (χ2v) is 7.97. The molecule has 0 saturated heterocycles. The van der Waals surface area contributed by atoms with E-state index < -0.39 is 0 Å². The molecule has 2 N–H and O–H groups in total. The van der Waals surface area contributed by atoms with Crippen LogP contribution in [0.4, 0.5) is 11.4 Å². The molecule has 1 aromatic heterocycles. The fourth-order valence-electron chi connectivity index (χ4n) is 2.73. The Kier molecular flexibility index (Phi) is 7.57. The average molecular weight is 477 g/mol. The molecule has 9 heteroatoms. The van der Waals surface area contributed by atoms with E-state index >= 15 is 0 Å². The van der Waals surface area contributed by atoms with E-state index in [1.807, 2.05) is 5.38 Å². The molecule has 0 aliphatic carbocycles. The van der Waals surface area contributed by atoms with E-state index in [-0.39, 0.29) is 11.8 Å². The number of benzene rings is 2. The number of carbonyl (C=O) groups is 2. The molecule has 0 aliphatic heterocycles. The predicted molar refractivity (Wildman–Crippen MR) is 126 cm³/mol. The van der Waals surface area contributed by atoms with Crippen LogP contribution in [-0.4, -0.2) is 26.0 Å². The molecular formula is C22H18Cl2N2O4S. The second-order valence-electron chi connectivity index (χ2n) is 6.18. The number of hydrogen-bond acceptors (Lipinski definition) is 5. The van der Waals surface area contributed by atoms with E-state index in [4.69, 9.17) is 32.7 Å². The van der Waals surface area contributed by atoms with E-state index in [1.54, 1.807) is 48.5 Å². The highest BCUT2D eigenvalue weighted by Crippen LogP contribution is 2.33. The summed E-state index contributed by atoms with van der Waals surface area (Å²) in [4.78, 5) is 25.2. The third kappa shape index (κ3) is 5.79. The number of carbonyl (C=O) groups excluding carboxylic acids is 2. The van der Waals surface area contributed by atoms with Crippen LogP contribution >= 0.6 is 34.5 Å². The zero-order chi connectivity index (χ0) is 22.4. The van der Waals surface area contributed by atoms with Gasteiger partial charge in [0.1, 0.15) is 11.5 Å². The van der Waals surface area contributed by atoms with E-state index in [9.17, 15) is 9.59 Å². The Morgan fingerprint density at radius 3 is 2.52 bits per heavy atom. The summed E-state index contributed by atoms with van der Waals surface area (Å²) in [7, 11) is 2.97. The van der Waals surface area contributed by atoms with Crippen molar-refractivity contribution in [2.75, 3.05) is 24.9 Å². The number of thiophene rings is 1. The van der Waals surface area contributed by atoms with Crippen LogP contribution < -0.4 is 20.1 Å². The smallest absolute Gasteiger partial charge is 0.265 e. The maximum Gasteiger partial charge on any atom is 0.265 e. The Labute approximate surface area is 193 Å². The van der Waals surface area contributed by atoms with Crippen LogP contribution in [0.15, 0.2) is 53.9 Å². The minimum atomic E-state index is -0.379. The topological polar surface area (TPSA) is 76.7 Å². The lowest BCUT2D eigenvalue weighted by atomic mass is 10.2. The van der Waals surface area contributed by atoms with Crippen molar-refractivity contribution >= 4 is 63.8 Å². The Morgan fingerprint density at radius 1 is 1.03 bits per heavy atom. The summed E-state index contributed by atoms with van der Waals surface area (Å²) >= 11 is 13.5. The first-order valence-corrected chi connectivity index (χ1v) is 10.6. The molecule has 160 valence electrons. The SMILES string of the molecule is COc1cc(NC(=O)/C=C/c2cc(Cl)cc(Cl)c2OC)ccc1NC(=O)c1cccs1. The lowest BCUT2D eigenvalue weighted by Gasteiger charge is -2.12.